The van der Waals surface area contributed by atoms with Gasteiger partial charge in [-0.05, 0) is 38.8 Å². The first-order chi connectivity index (χ1) is 8.08. The van der Waals surface area contributed by atoms with E-state index in [0.717, 1.165) is 49.9 Å². The third kappa shape index (κ3) is 1.99. The van der Waals surface area contributed by atoms with Gasteiger partial charge in [-0.3, -0.25) is 0 Å². The Bertz CT molecular complexity index is 392. The highest BCUT2D eigenvalue weighted by atomic mass is 16.4. The summed E-state index contributed by atoms with van der Waals surface area (Å²) in [6.45, 7) is 4.01. The first kappa shape index (κ1) is 12.2. The maximum atomic E-state index is 11.8. The van der Waals surface area contributed by atoms with Gasteiger partial charge < -0.3 is 9.67 Å². The zero-order valence-electron chi connectivity index (χ0n) is 10.7. The Hall–Kier alpha value is -1.25. The van der Waals surface area contributed by atoms with Crippen molar-refractivity contribution in [1.82, 2.24) is 4.57 Å². The van der Waals surface area contributed by atoms with Crippen molar-refractivity contribution in [3.05, 3.63) is 23.5 Å². The summed E-state index contributed by atoms with van der Waals surface area (Å²) in [5.41, 5.74) is 1.42. The molecule has 1 heterocycles. The summed E-state index contributed by atoms with van der Waals surface area (Å²) >= 11 is 0. The summed E-state index contributed by atoms with van der Waals surface area (Å²) in [5.74, 6) is -0.665. The SMILES string of the molecule is Cc1ccc(C)n1C1(C(=O)O)CCCCCC1. The molecule has 0 aliphatic heterocycles. The van der Waals surface area contributed by atoms with Gasteiger partial charge >= 0.3 is 5.97 Å². The number of nitrogens with zero attached hydrogens (tertiary/aromatic N) is 1. The van der Waals surface area contributed by atoms with Gasteiger partial charge in [-0.15, -0.1) is 0 Å². The largest absolute Gasteiger partial charge is 0.479 e. The fourth-order valence-corrected chi connectivity index (χ4v) is 3.19. The van der Waals surface area contributed by atoms with Crippen molar-refractivity contribution < 1.29 is 9.90 Å². The van der Waals surface area contributed by atoms with E-state index in [1.165, 1.54) is 0 Å². The van der Waals surface area contributed by atoms with Crippen molar-refractivity contribution in [2.45, 2.75) is 57.9 Å². The lowest BCUT2D eigenvalue weighted by molar-refractivity contribution is -0.148. The van der Waals surface area contributed by atoms with Crippen LogP contribution in [0.2, 0.25) is 0 Å². The molecule has 1 aromatic rings. The first-order valence-corrected chi connectivity index (χ1v) is 6.47. The molecule has 1 fully saturated rings. The Morgan fingerprint density at radius 2 is 1.59 bits per heavy atom. The van der Waals surface area contributed by atoms with Gasteiger partial charge in [0, 0.05) is 11.4 Å². The molecule has 3 heteroatoms. The molecular formula is C14H21NO2. The second-order valence-corrected chi connectivity index (χ2v) is 5.20. The minimum absolute atomic E-state index is 0.665. The van der Waals surface area contributed by atoms with E-state index < -0.39 is 11.5 Å². The molecule has 1 aliphatic rings. The molecule has 1 saturated carbocycles. The molecule has 0 spiro atoms. The molecule has 0 atom stereocenters. The van der Waals surface area contributed by atoms with Crippen molar-refractivity contribution >= 4 is 5.97 Å². The lowest BCUT2D eigenvalue weighted by atomic mass is 9.89. The molecular weight excluding hydrogens is 214 g/mol. The zero-order valence-corrected chi connectivity index (χ0v) is 10.7. The average Bonchev–Trinajstić information content (AvgIpc) is 2.54. The van der Waals surface area contributed by atoms with E-state index in [4.69, 9.17) is 0 Å². The summed E-state index contributed by atoms with van der Waals surface area (Å²) in [6, 6.07) is 4.04. The van der Waals surface area contributed by atoms with Gasteiger partial charge in [-0.1, -0.05) is 25.7 Å². The maximum absolute atomic E-state index is 11.8. The number of aryl methyl sites for hydroxylation is 2. The van der Waals surface area contributed by atoms with E-state index in [1.54, 1.807) is 0 Å². The minimum Gasteiger partial charge on any atom is -0.479 e. The quantitative estimate of drug-likeness (QED) is 0.800. The Labute approximate surface area is 102 Å². The van der Waals surface area contributed by atoms with Crippen LogP contribution in [0.3, 0.4) is 0 Å². The average molecular weight is 235 g/mol. The number of carbonyl (C=O) groups is 1. The van der Waals surface area contributed by atoms with Crippen LogP contribution in [0.4, 0.5) is 0 Å². The summed E-state index contributed by atoms with van der Waals surface area (Å²) in [7, 11) is 0. The molecule has 0 aromatic carbocycles. The second-order valence-electron chi connectivity index (χ2n) is 5.20. The van der Waals surface area contributed by atoms with Crippen molar-refractivity contribution in [3.8, 4) is 0 Å². The molecule has 2 rings (SSSR count). The number of aromatic nitrogens is 1. The van der Waals surface area contributed by atoms with Gasteiger partial charge in [0.05, 0.1) is 0 Å². The fraction of sp³-hybridized carbons (Fsp3) is 0.643. The Balaban J connectivity index is 2.50. The second kappa shape index (κ2) is 4.55. The Kier molecular flexibility index (Phi) is 3.27. The number of hydrogen-bond donors (Lipinski definition) is 1. The number of aliphatic carboxylic acids is 1. The molecule has 94 valence electrons. The number of hydrogen-bond acceptors (Lipinski definition) is 1. The van der Waals surface area contributed by atoms with E-state index >= 15 is 0 Å². The van der Waals surface area contributed by atoms with Crippen molar-refractivity contribution in [1.29, 1.82) is 0 Å². The Morgan fingerprint density at radius 1 is 1.12 bits per heavy atom. The maximum Gasteiger partial charge on any atom is 0.329 e. The van der Waals surface area contributed by atoms with Crippen molar-refractivity contribution in [2.24, 2.45) is 0 Å². The van der Waals surface area contributed by atoms with Gasteiger partial charge in [0.2, 0.25) is 0 Å². The smallest absolute Gasteiger partial charge is 0.329 e. The van der Waals surface area contributed by atoms with Crippen LogP contribution in [0.25, 0.3) is 0 Å². The van der Waals surface area contributed by atoms with Crippen LogP contribution in [0.15, 0.2) is 12.1 Å². The molecule has 0 radical (unpaired) electrons. The standard InChI is InChI=1S/C14H21NO2/c1-11-7-8-12(2)15(11)14(13(16)17)9-5-3-4-6-10-14/h7-8H,3-6,9-10H2,1-2H3,(H,16,17). The van der Waals surface area contributed by atoms with Gasteiger partial charge in [0.1, 0.15) is 5.54 Å². The highest BCUT2D eigenvalue weighted by Gasteiger charge is 2.41. The molecule has 1 aromatic heterocycles. The molecule has 17 heavy (non-hydrogen) atoms. The predicted molar refractivity (Wildman–Crippen MR) is 67.2 cm³/mol. The highest BCUT2D eigenvalue weighted by molar-refractivity contribution is 5.77. The first-order valence-electron chi connectivity index (χ1n) is 6.47. The van der Waals surface area contributed by atoms with Crippen LogP contribution in [0.1, 0.15) is 49.9 Å². The Morgan fingerprint density at radius 3 is 2.00 bits per heavy atom. The van der Waals surface area contributed by atoms with Crippen LogP contribution in [0, 0.1) is 13.8 Å². The summed E-state index contributed by atoms with van der Waals surface area (Å²) in [6.07, 6.45) is 5.88. The van der Waals surface area contributed by atoms with Crippen molar-refractivity contribution in [3.63, 3.8) is 0 Å². The number of rotatable bonds is 2. The lowest BCUT2D eigenvalue weighted by Gasteiger charge is -2.33. The lowest BCUT2D eigenvalue weighted by Crippen LogP contribution is -2.42. The highest BCUT2D eigenvalue weighted by Crippen LogP contribution is 2.36. The summed E-state index contributed by atoms with van der Waals surface area (Å²) in [5, 5.41) is 9.71. The molecule has 0 amide bonds. The van der Waals surface area contributed by atoms with E-state index in [-0.39, 0.29) is 0 Å². The summed E-state index contributed by atoms with van der Waals surface area (Å²) in [4.78, 5) is 11.8. The fourth-order valence-electron chi connectivity index (χ4n) is 3.19. The number of carboxylic acids is 1. The molecule has 0 unspecified atom stereocenters. The third-order valence-electron chi connectivity index (χ3n) is 4.03. The van der Waals surface area contributed by atoms with Crippen LogP contribution >= 0.6 is 0 Å². The van der Waals surface area contributed by atoms with Crippen LogP contribution in [0.5, 0.6) is 0 Å². The molecule has 3 nitrogen and oxygen atoms in total. The monoisotopic (exact) mass is 235 g/mol. The van der Waals surface area contributed by atoms with E-state index in [0.29, 0.717) is 0 Å². The predicted octanol–water partition coefficient (Wildman–Crippen LogP) is 3.24. The summed E-state index contributed by atoms with van der Waals surface area (Å²) < 4.78 is 2.04. The van der Waals surface area contributed by atoms with Crippen LogP contribution < -0.4 is 0 Å². The molecule has 0 bridgehead atoms. The molecule has 1 N–H and O–H groups in total. The molecule has 1 aliphatic carbocycles. The zero-order chi connectivity index (χ0) is 12.5. The third-order valence-corrected chi connectivity index (χ3v) is 4.03. The van der Waals surface area contributed by atoms with Gasteiger partial charge in [0.15, 0.2) is 0 Å². The van der Waals surface area contributed by atoms with Crippen molar-refractivity contribution in [2.75, 3.05) is 0 Å². The molecule has 0 saturated heterocycles. The van der Waals surface area contributed by atoms with E-state index in [2.05, 4.69) is 0 Å². The normalized spacial score (nSPS) is 19.9. The van der Waals surface area contributed by atoms with Gasteiger partial charge in [-0.2, -0.15) is 0 Å². The topological polar surface area (TPSA) is 42.2 Å². The minimum atomic E-state index is -0.700. The number of carboxylic acid groups (broad SMARTS) is 1. The van der Waals surface area contributed by atoms with E-state index in [9.17, 15) is 9.90 Å². The van der Waals surface area contributed by atoms with Crippen LogP contribution in [-0.4, -0.2) is 15.6 Å². The van der Waals surface area contributed by atoms with Gasteiger partial charge in [-0.25, -0.2) is 4.79 Å². The van der Waals surface area contributed by atoms with Crippen LogP contribution in [-0.2, 0) is 10.3 Å². The van der Waals surface area contributed by atoms with Gasteiger partial charge in [0.25, 0.3) is 0 Å². The van der Waals surface area contributed by atoms with E-state index in [1.807, 2.05) is 30.5 Å².